The van der Waals surface area contributed by atoms with Crippen LogP contribution in [0.5, 0.6) is 0 Å². The molecule has 0 amide bonds. The normalized spacial score (nSPS) is 32.0. The zero-order valence-electron chi connectivity index (χ0n) is 13.2. The highest BCUT2D eigenvalue weighted by atomic mass is 19.1. The molecule has 4 unspecified atom stereocenters. The first-order valence-corrected chi connectivity index (χ1v) is 8.38. The van der Waals surface area contributed by atoms with Gasteiger partial charge in [0.05, 0.1) is 5.69 Å². The van der Waals surface area contributed by atoms with E-state index in [9.17, 15) is 13.6 Å². The summed E-state index contributed by atoms with van der Waals surface area (Å²) >= 11 is 0. The lowest BCUT2D eigenvalue weighted by atomic mass is 9.78. The summed E-state index contributed by atoms with van der Waals surface area (Å²) in [6, 6.07) is -0.0613. The monoisotopic (exact) mass is 334 g/mol. The number of alkyl halides is 1. The molecule has 1 aromatic rings. The molecule has 2 heterocycles. The average molecular weight is 334 g/mol. The molecular weight excluding hydrogens is 314 g/mol. The summed E-state index contributed by atoms with van der Waals surface area (Å²) in [5, 5.41) is 7.63. The lowest BCUT2D eigenvalue weighted by molar-refractivity contribution is 0.0738. The number of nitrogens with two attached hydrogens (primary N) is 1. The average Bonchev–Trinajstić information content (AvgIpc) is 2.90. The first-order valence-electron chi connectivity index (χ1n) is 8.38. The number of fused-ring (bicyclic) bond motifs is 2. The minimum Gasteiger partial charge on any atom is -0.383 e. The molecule has 4 rings (SSSR count). The number of carbonyl (C=O) groups excluding carboxylic acids is 1. The molecule has 1 aromatic heterocycles. The van der Waals surface area contributed by atoms with Crippen LogP contribution in [0.1, 0.15) is 28.9 Å². The second-order valence-electron chi connectivity index (χ2n) is 6.76. The second kappa shape index (κ2) is 5.81. The van der Waals surface area contributed by atoms with Gasteiger partial charge in [0.2, 0.25) is 0 Å². The molecule has 1 saturated heterocycles. The predicted octanol–water partition coefficient (Wildman–Crippen LogP) is 1.95. The quantitative estimate of drug-likeness (QED) is 0.823. The van der Waals surface area contributed by atoms with Gasteiger partial charge >= 0.3 is 0 Å². The molecule has 7 heteroatoms. The molecule has 0 saturated carbocycles. The number of nitrogens with one attached hydrogen (secondary N) is 1. The summed E-state index contributed by atoms with van der Waals surface area (Å²) in [7, 11) is 0. The van der Waals surface area contributed by atoms with Crippen LogP contribution in [0, 0.1) is 11.8 Å². The van der Waals surface area contributed by atoms with Gasteiger partial charge in [-0.2, -0.15) is 9.78 Å². The molecule has 4 atom stereocenters. The highest BCUT2D eigenvalue weighted by Crippen LogP contribution is 2.34. The van der Waals surface area contributed by atoms with Crippen molar-refractivity contribution in [1.82, 2.24) is 15.1 Å². The van der Waals surface area contributed by atoms with Gasteiger partial charge in [0.15, 0.2) is 0 Å². The van der Waals surface area contributed by atoms with Crippen molar-refractivity contribution in [2.75, 3.05) is 12.3 Å². The smallest absolute Gasteiger partial charge is 0.252 e. The van der Waals surface area contributed by atoms with Crippen LogP contribution in [0.3, 0.4) is 0 Å². The van der Waals surface area contributed by atoms with Gasteiger partial charge in [-0.15, -0.1) is 0 Å². The fourth-order valence-electron chi connectivity index (χ4n) is 4.00. The molecule has 24 heavy (non-hydrogen) atoms. The SMILES string of the molecule is Nc1c2c(nn1C(=O)C1CCNC3C=CC(F)=CC31)CCC(F)C2. The standard InChI is InChI=1S/C17H20F2N4O/c18-9-1-3-14-12(7-9)11(5-6-21-14)17(24)23-16(20)13-8-10(19)2-4-15(13)22-23/h1,3,7,10-12,14,21H,2,4-6,8,20H2. The van der Waals surface area contributed by atoms with Crippen LogP contribution in [-0.2, 0) is 12.8 Å². The van der Waals surface area contributed by atoms with Crippen molar-refractivity contribution in [2.45, 2.75) is 37.9 Å². The van der Waals surface area contributed by atoms with Crippen molar-refractivity contribution >= 4 is 11.7 Å². The van der Waals surface area contributed by atoms with E-state index in [1.54, 1.807) is 6.08 Å². The van der Waals surface area contributed by atoms with Gasteiger partial charge in [0.1, 0.15) is 17.8 Å². The number of aryl methyl sites for hydroxylation is 1. The summed E-state index contributed by atoms with van der Waals surface area (Å²) < 4.78 is 28.5. The number of halogens is 2. The fraction of sp³-hybridized carbons (Fsp3) is 0.529. The first kappa shape index (κ1) is 15.5. The lowest BCUT2D eigenvalue weighted by Gasteiger charge is -2.36. The Labute approximate surface area is 138 Å². The zero-order valence-corrected chi connectivity index (χ0v) is 13.2. The molecule has 128 valence electrons. The topological polar surface area (TPSA) is 72.9 Å². The predicted molar refractivity (Wildman–Crippen MR) is 85.9 cm³/mol. The first-order chi connectivity index (χ1) is 11.5. The third-order valence-corrected chi connectivity index (χ3v) is 5.28. The minimum atomic E-state index is -0.934. The van der Waals surface area contributed by atoms with Crippen molar-refractivity contribution in [3.05, 3.63) is 35.3 Å². The van der Waals surface area contributed by atoms with E-state index in [2.05, 4.69) is 10.4 Å². The van der Waals surface area contributed by atoms with Gasteiger partial charge in [0, 0.05) is 29.9 Å². The highest BCUT2D eigenvalue weighted by Gasteiger charge is 2.39. The summed E-state index contributed by atoms with van der Waals surface area (Å²) in [6.07, 6.45) is 5.45. The van der Waals surface area contributed by atoms with E-state index in [0.29, 0.717) is 37.1 Å². The van der Waals surface area contributed by atoms with Gasteiger partial charge in [-0.3, -0.25) is 4.79 Å². The van der Waals surface area contributed by atoms with Crippen molar-refractivity contribution in [1.29, 1.82) is 0 Å². The number of carbonyl (C=O) groups is 1. The number of nitrogens with zero attached hydrogens (tertiary/aromatic N) is 2. The molecular formula is C17H20F2N4O. The van der Waals surface area contributed by atoms with Crippen LogP contribution >= 0.6 is 0 Å². The van der Waals surface area contributed by atoms with E-state index in [1.165, 1.54) is 16.8 Å². The second-order valence-corrected chi connectivity index (χ2v) is 6.76. The number of nitrogen functional groups attached to an aromatic ring is 1. The van der Waals surface area contributed by atoms with Crippen molar-refractivity contribution in [3.8, 4) is 0 Å². The largest absolute Gasteiger partial charge is 0.383 e. The number of anilines is 1. The van der Waals surface area contributed by atoms with Gasteiger partial charge in [0.25, 0.3) is 5.91 Å². The lowest BCUT2D eigenvalue weighted by Crippen LogP contribution is -2.48. The van der Waals surface area contributed by atoms with E-state index < -0.39 is 12.1 Å². The molecule has 5 nitrogen and oxygen atoms in total. The van der Waals surface area contributed by atoms with E-state index in [-0.39, 0.29) is 35.9 Å². The molecule has 1 fully saturated rings. The Morgan fingerprint density at radius 2 is 2.25 bits per heavy atom. The fourth-order valence-corrected chi connectivity index (χ4v) is 4.00. The Kier molecular flexibility index (Phi) is 3.75. The molecule has 3 N–H and O–H groups in total. The highest BCUT2D eigenvalue weighted by molar-refractivity contribution is 5.85. The van der Waals surface area contributed by atoms with E-state index in [1.807, 2.05) is 0 Å². The molecule has 3 aliphatic rings. The Morgan fingerprint density at radius 3 is 3.08 bits per heavy atom. The number of aromatic nitrogens is 2. The maximum Gasteiger partial charge on any atom is 0.252 e. The molecule has 0 bridgehead atoms. The van der Waals surface area contributed by atoms with Crippen LogP contribution in [-0.4, -0.2) is 34.4 Å². The van der Waals surface area contributed by atoms with E-state index in [0.717, 1.165) is 0 Å². The van der Waals surface area contributed by atoms with Crippen LogP contribution in [0.4, 0.5) is 14.6 Å². The summed E-state index contributed by atoms with van der Waals surface area (Å²) in [5.41, 5.74) is 7.45. The van der Waals surface area contributed by atoms with Crippen molar-refractivity contribution in [3.63, 3.8) is 0 Å². The Balaban J connectivity index is 1.65. The Bertz CT molecular complexity index is 739. The van der Waals surface area contributed by atoms with Crippen LogP contribution in [0.2, 0.25) is 0 Å². The Morgan fingerprint density at radius 1 is 1.42 bits per heavy atom. The van der Waals surface area contributed by atoms with Crippen molar-refractivity contribution in [2.24, 2.45) is 11.8 Å². The van der Waals surface area contributed by atoms with Crippen LogP contribution < -0.4 is 11.1 Å². The summed E-state index contributed by atoms with van der Waals surface area (Å²) in [4.78, 5) is 13.0. The van der Waals surface area contributed by atoms with Gasteiger partial charge in [-0.1, -0.05) is 6.08 Å². The third kappa shape index (κ3) is 2.47. The molecule has 1 aliphatic heterocycles. The van der Waals surface area contributed by atoms with Gasteiger partial charge < -0.3 is 11.1 Å². The molecule has 0 aromatic carbocycles. The van der Waals surface area contributed by atoms with Gasteiger partial charge in [-0.25, -0.2) is 8.78 Å². The van der Waals surface area contributed by atoms with Crippen LogP contribution in [0.25, 0.3) is 0 Å². The van der Waals surface area contributed by atoms with Gasteiger partial charge in [-0.05, 0) is 38.0 Å². The maximum atomic E-state index is 13.6. The molecule has 2 aliphatic carbocycles. The zero-order chi connectivity index (χ0) is 16.8. The minimum absolute atomic E-state index is 0.0613. The molecule has 0 spiro atoms. The number of hydrogen-bond acceptors (Lipinski definition) is 4. The maximum absolute atomic E-state index is 13.6. The third-order valence-electron chi connectivity index (χ3n) is 5.28. The summed E-state index contributed by atoms with van der Waals surface area (Å²) in [5.74, 6) is -0.968. The number of hydrogen-bond donors (Lipinski definition) is 2. The number of rotatable bonds is 1. The van der Waals surface area contributed by atoms with E-state index in [4.69, 9.17) is 5.73 Å². The Hall–Kier alpha value is -2.02. The van der Waals surface area contributed by atoms with E-state index >= 15 is 0 Å². The number of allylic oxidation sites excluding steroid dienone is 2. The number of piperidine rings is 1. The molecule has 0 radical (unpaired) electrons. The van der Waals surface area contributed by atoms with Crippen molar-refractivity contribution < 1.29 is 13.6 Å². The summed E-state index contributed by atoms with van der Waals surface area (Å²) in [6.45, 7) is 0.671. The van der Waals surface area contributed by atoms with Crippen LogP contribution in [0.15, 0.2) is 24.1 Å².